The van der Waals surface area contributed by atoms with Crippen molar-refractivity contribution in [1.82, 2.24) is 0 Å². The Morgan fingerprint density at radius 1 is 0.727 bits per heavy atom. The predicted octanol–water partition coefficient (Wildman–Crippen LogP) is 5.27. The molecule has 1 heterocycles. The molecule has 0 unspecified atom stereocenters. The summed E-state index contributed by atoms with van der Waals surface area (Å²) in [4.78, 5) is 12.7. The molecule has 0 aliphatic heterocycles. The fourth-order valence-electron chi connectivity index (χ4n) is 2.64. The smallest absolute Gasteiger partial charge is 0.200 e. The van der Waals surface area contributed by atoms with E-state index >= 15 is 0 Å². The summed E-state index contributed by atoms with van der Waals surface area (Å²) in [5.74, 6) is 0. The molecule has 2 nitrogen and oxygen atoms in total. The minimum absolute atomic E-state index is 0.0364. The fourth-order valence-corrected chi connectivity index (χ4v) is 2.80. The second-order valence-corrected chi connectivity index (χ2v) is 5.59. The van der Waals surface area contributed by atoms with E-state index in [-0.39, 0.29) is 5.43 Å². The Morgan fingerprint density at radius 3 is 2.36 bits per heavy atom. The Bertz CT molecular complexity index is 1050. The van der Waals surface area contributed by atoms with Crippen LogP contribution in [-0.2, 0) is 0 Å². The average molecular weight is 307 g/mol. The molecule has 1 aromatic heterocycles. The molecule has 0 spiro atoms. The lowest BCUT2D eigenvalue weighted by molar-refractivity contribution is 0.660. The Kier molecular flexibility index (Phi) is 2.98. The van der Waals surface area contributed by atoms with Crippen LogP contribution in [0.4, 0.5) is 0 Å². The van der Waals surface area contributed by atoms with Gasteiger partial charge in [0.1, 0.15) is 11.2 Å². The minimum atomic E-state index is -0.0364. The third kappa shape index (κ3) is 2.09. The van der Waals surface area contributed by atoms with Crippen LogP contribution in [0.5, 0.6) is 0 Å². The van der Waals surface area contributed by atoms with Crippen LogP contribution in [0.15, 0.2) is 75.9 Å². The highest BCUT2D eigenvalue weighted by Gasteiger charge is 2.09. The zero-order valence-electron chi connectivity index (χ0n) is 11.5. The Morgan fingerprint density at radius 2 is 1.55 bits per heavy atom. The van der Waals surface area contributed by atoms with Gasteiger partial charge in [-0.1, -0.05) is 48.0 Å². The molecule has 4 rings (SSSR count). The highest BCUT2D eigenvalue weighted by molar-refractivity contribution is 6.31. The highest BCUT2D eigenvalue weighted by atomic mass is 35.5. The quantitative estimate of drug-likeness (QED) is 0.449. The van der Waals surface area contributed by atoms with Crippen molar-refractivity contribution in [1.29, 1.82) is 0 Å². The number of hydrogen-bond donors (Lipinski definition) is 0. The van der Waals surface area contributed by atoms with E-state index < -0.39 is 0 Å². The first-order chi connectivity index (χ1) is 10.7. The van der Waals surface area contributed by atoms with Crippen LogP contribution in [0.25, 0.3) is 33.1 Å². The topological polar surface area (TPSA) is 30.2 Å². The first-order valence-corrected chi connectivity index (χ1v) is 7.32. The predicted molar refractivity (Wildman–Crippen MR) is 90.4 cm³/mol. The molecule has 0 radical (unpaired) electrons. The van der Waals surface area contributed by atoms with Crippen LogP contribution >= 0.6 is 11.6 Å². The summed E-state index contributed by atoms with van der Waals surface area (Å²) in [5, 5.41) is 1.68. The molecule has 0 aliphatic carbocycles. The van der Waals surface area contributed by atoms with Crippen molar-refractivity contribution in [2.75, 3.05) is 0 Å². The van der Waals surface area contributed by atoms with Crippen molar-refractivity contribution in [3.8, 4) is 11.1 Å². The van der Waals surface area contributed by atoms with Crippen molar-refractivity contribution in [3.63, 3.8) is 0 Å². The van der Waals surface area contributed by atoms with Gasteiger partial charge in [0.05, 0.1) is 10.8 Å². The summed E-state index contributed by atoms with van der Waals surface area (Å²) in [6, 6.07) is 20.7. The molecular weight excluding hydrogens is 296 g/mol. The molecule has 0 saturated heterocycles. The number of fused-ring (bicyclic) bond motifs is 2. The van der Waals surface area contributed by atoms with Crippen LogP contribution < -0.4 is 5.43 Å². The van der Waals surface area contributed by atoms with E-state index in [2.05, 4.69) is 0 Å². The summed E-state index contributed by atoms with van der Waals surface area (Å²) in [6.45, 7) is 0. The van der Waals surface area contributed by atoms with E-state index in [1.807, 2.05) is 48.5 Å². The van der Waals surface area contributed by atoms with E-state index in [0.717, 1.165) is 11.1 Å². The minimum Gasteiger partial charge on any atom is -0.456 e. The van der Waals surface area contributed by atoms with Gasteiger partial charge in [-0.2, -0.15) is 0 Å². The van der Waals surface area contributed by atoms with E-state index in [4.69, 9.17) is 16.0 Å². The highest BCUT2D eigenvalue weighted by Crippen LogP contribution is 2.26. The lowest BCUT2D eigenvalue weighted by Crippen LogP contribution is -2.02. The number of rotatable bonds is 1. The molecular formula is C19H11ClO2. The van der Waals surface area contributed by atoms with Crippen LogP contribution in [0, 0.1) is 0 Å². The lowest BCUT2D eigenvalue weighted by atomic mass is 10.0. The maximum Gasteiger partial charge on any atom is 0.200 e. The van der Waals surface area contributed by atoms with Crippen molar-refractivity contribution < 1.29 is 4.42 Å². The number of halogens is 1. The van der Waals surface area contributed by atoms with Gasteiger partial charge < -0.3 is 4.42 Å². The van der Waals surface area contributed by atoms with Gasteiger partial charge in [0.15, 0.2) is 0 Å². The van der Waals surface area contributed by atoms with Gasteiger partial charge in [0, 0.05) is 11.1 Å². The Hall–Kier alpha value is -2.58. The molecule has 0 aliphatic rings. The fraction of sp³-hybridized carbons (Fsp3) is 0. The molecule has 0 N–H and O–H groups in total. The first kappa shape index (κ1) is 13.1. The number of benzene rings is 3. The van der Waals surface area contributed by atoms with Crippen molar-refractivity contribution in [3.05, 3.63) is 82.0 Å². The van der Waals surface area contributed by atoms with Crippen molar-refractivity contribution in [2.45, 2.75) is 0 Å². The normalized spacial score (nSPS) is 11.1. The molecule has 3 aromatic carbocycles. The van der Waals surface area contributed by atoms with Crippen LogP contribution in [0.3, 0.4) is 0 Å². The molecule has 22 heavy (non-hydrogen) atoms. The molecule has 0 atom stereocenters. The van der Waals surface area contributed by atoms with Gasteiger partial charge in [-0.05, 0) is 35.4 Å². The van der Waals surface area contributed by atoms with E-state index in [1.54, 1.807) is 18.2 Å². The van der Waals surface area contributed by atoms with Crippen LogP contribution in [0.2, 0.25) is 5.02 Å². The Labute approximate surface area is 131 Å². The third-order valence-corrected chi connectivity index (χ3v) is 3.97. The molecule has 0 saturated carbocycles. The van der Waals surface area contributed by atoms with E-state index in [9.17, 15) is 4.79 Å². The van der Waals surface area contributed by atoms with Crippen LogP contribution in [0.1, 0.15) is 0 Å². The van der Waals surface area contributed by atoms with Crippen LogP contribution in [-0.4, -0.2) is 0 Å². The second-order valence-electron chi connectivity index (χ2n) is 5.15. The maximum atomic E-state index is 12.7. The third-order valence-electron chi connectivity index (χ3n) is 3.74. The zero-order valence-corrected chi connectivity index (χ0v) is 12.3. The molecule has 0 amide bonds. The Balaban J connectivity index is 2.04. The summed E-state index contributed by atoms with van der Waals surface area (Å²) in [5.41, 5.74) is 3.11. The summed E-state index contributed by atoms with van der Waals surface area (Å²) < 4.78 is 5.81. The van der Waals surface area contributed by atoms with Gasteiger partial charge in [0.25, 0.3) is 0 Å². The summed E-state index contributed by atoms with van der Waals surface area (Å²) in [7, 11) is 0. The standard InChI is InChI=1S/C19H11ClO2/c20-14-7-8-15-18(11-14)22-17-9-6-13(10-16(17)19(15)21)12-4-2-1-3-5-12/h1-11H. The number of hydrogen-bond acceptors (Lipinski definition) is 2. The first-order valence-electron chi connectivity index (χ1n) is 6.94. The second kappa shape index (κ2) is 5.00. The molecule has 3 heteroatoms. The van der Waals surface area contributed by atoms with Gasteiger partial charge >= 0.3 is 0 Å². The monoisotopic (exact) mass is 306 g/mol. The largest absolute Gasteiger partial charge is 0.456 e. The van der Waals surface area contributed by atoms with Crippen molar-refractivity contribution in [2.24, 2.45) is 0 Å². The van der Waals surface area contributed by atoms with Gasteiger partial charge in [-0.3, -0.25) is 4.79 Å². The zero-order chi connectivity index (χ0) is 15.1. The lowest BCUT2D eigenvalue weighted by Gasteiger charge is -2.05. The summed E-state index contributed by atoms with van der Waals surface area (Å²) in [6.07, 6.45) is 0. The maximum absolute atomic E-state index is 12.7. The average Bonchev–Trinajstić information content (AvgIpc) is 2.55. The SMILES string of the molecule is O=c1c2ccc(Cl)cc2oc2ccc(-c3ccccc3)cc12. The molecule has 4 aromatic rings. The van der Waals surface area contributed by atoms with Gasteiger partial charge in [-0.15, -0.1) is 0 Å². The summed E-state index contributed by atoms with van der Waals surface area (Å²) >= 11 is 5.97. The van der Waals surface area contributed by atoms with Gasteiger partial charge in [0.2, 0.25) is 5.43 Å². The van der Waals surface area contributed by atoms with Gasteiger partial charge in [-0.25, -0.2) is 0 Å². The molecule has 0 fully saturated rings. The molecule has 106 valence electrons. The van der Waals surface area contributed by atoms with Crippen molar-refractivity contribution >= 4 is 33.5 Å². The molecule has 0 bridgehead atoms. The van der Waals surface area contributed by atoms with E-state index in [0.29, 0.717) is 27.0 Å². The van der Waals surface area contributed by atoms with E-state index in [1.165, 1.54) is 0 Å².